The Morgan fingerprint density at radius 2 is 0.873 bits per heavy atom. The first-order valence-corrected chi connectivity index (χ1v) is 22.3. The lowest BCUT2D eigenvalue weighted by atomic mass is 9.85. The lowest BCUT2D eigenvalue weighted by molar-refractivity contribution is 0.474. The van der Waals surface area contributed by atoms with E-state index in [0.29, 0.717) is 0 Å². The van der Waals surface area contributed by atoms with Crippen molar-refractivity contribution >= 4 is 59.5 Å². The first kappa shape index (κ1) is 37.3. The number of rotatable bonds is 5. The Bertz CT molecular complexity index is 3570. The second-order valence-electron chi connectivity index (χ2n) is 16.0. The maximum Gasteiger partial charge on any atom is 0.153 e. The summed E-state index contributed by atoms with van der Waals surface area (Å²) in [5.41, 5.74) is 13.4. The lowest BCUT2D eigenvalue weighted by Gasteiger charge is -2.22. The molecule has 2 aliphatic heterocycles. The normalized spacial score (nSPS) is 12.1. The molecule has 0 bridgehead atoms. The molecule has 63 heavy (non-hydrogen) atoms. The van der Waals surface area contributed by atoms with Gasteiger partial charge in [0.15, 0.2) is 23.0 Å². The summed E-state index contributed by atoms with van der Waals surface area (Å²) in [7, 11) is 0. The minimum atomic E-state index is 0.850. The number of halogens is 1. The van der Waals surface area contributed by atoms with E-state index in [2.05, 4.69) is 172 Å². The smallest absolute Gasteiger partial charge is 0.153 e. The van der Waals surface area contributed by atoms with Crippen LogP contribution >= 0.6 is 15.9 Å². The number of aromatic nitrogens is 4. The SMILES string of the molecule is CCc1nc2cccc3c2n1-c1ccc(-c2cccc(-c4c5ccccc5c(-c5ccccc5)c5ccccc45)c2)cc1O3.CCc1nc2cccc3c2n1-c1ccc(Br)cc1O3. The Hall–Kier alpha value is -7.48. The van der Waals surface area contributed by atoms with Gasteiger partial charge >= 0.3 is 0 Å². The van der Waals surface area contributed by atoms with E-state index in [1.54, 1.807) is 0 Å². The molecular formula is C56H39BrN4O2. The molecule has 0 N–H and O–H groups in total. The summed E-state index contributed by atoms with van der Waals surface area (Å²) >= 11 is 3.49. The number of benzene rings is 9. The van der Waals surface area contributed by atoms with Crippen LogP contribution in [0.1, 0.15) is 25.5 Å². The minimum absolute atomic E-state index is 0.850. The molecule has 7 heteroatoms. The third-order valence-corrected chi connectivity index (χ3v) is 12.8. The number of para-hydroxylation sites is 2. The number of hydrogen-bond acceptors (Lipinski definition) is 4. The topological polar surface area (TPSA) is 54.1 Å². The Morgan fingerprint density at radius 3 is 1.44 bits per heavy atom. The van der Waals surface area contributed by atoms with Gasteiger partial charge in [-0.3, -0.25) is 9.13 Å². The van der Waals surface area contributed by atoms with Crippen LogP contribution in [0.25, 0.3) is 88.4 Å². The summed E-state index contributed by atoms with van der Waals surface area (Å²) < 4.78 is 18.0. The number of imidazole rings is 2. The molecule has 0 spiro atoms. The number of fused-ring (bicyclic) bond motifs is 6. The third-order valence-electron chi connectivity index (χ3n) is 12.3. The molecule has 302 valence electrons. The van der Waals surface area contributed by atoms with E-state index in [-0.39, 0.29) is 0 Å². The Labute approximate surface area is 372 Å². The van der Waals surface area contributed by atoms with Gasteiger partial charge in [-0.2, -0.15) is 0 Å². The van der Waals surface area contributed by atoms with Gasteiger partial charge in [-0.25, -0.2) is 9.97 Å². The van der Waals surface area contributed by atoms with Crippen LogP contribution in [-0.4, -0.2) is 19.1 Å². The van der Waals surface area contributed by atoms with E-state index in [9.17, 15) is 0 Å². The monoisotopic (exact) mass is 878 g/mol. The molecule has 6 nitrogen and oxygen atoms in total. The van der Waals surface area contributed by atoms with Crippen molar-refractivity contribution in [1.29, 1.82) is 0 Å². The second kappa shape index (κ2) is 14.9. The Balaban J connectivity index is 0.000000184. The largest absolute Gasteiger partial charge is 0.453 e. The molecule has 2 aliphatic rings. The molecule has 13 rings (SSSR count). The zero-order valence-electron chi connectivity index (χ0n) is 34.6. The molecule has 0 amide bonds. The quantitative estimate of drug-likeness (QED) is 0.162. The predicted molar refractivity (Wildman–Crippen MR) is 260 cm³/mol. The first-order chi connectivity index (χ1) is 31.1. The van der Waals surface area contributed by atoms with Crippen molar-refractivity contribution in [2.24, 2.45) is 0 Å². The van der Waals surface area contributed by atoms with E-state index >= 15 is 0 Å². The first-order valence-electron chi connectivity index (χ1n) is 21.5. The number of hydrogen-bond donors (Lipinski definition) is 0. The molecule has 0 atom stereocenters. The summed E-state index contributed by atoms with van der Waals surface area (Å²) in [5, 5.41) is 5.03. The van der Waals surface area contributed by atoms with Crippen LogP contribution in [0.4, 0.5) is 0 Å². The highest BCUT2D eigenvalue weighted by atomic mass is 79.9. The highest BCUT2D eigenvalue weighted by molar-refractivity contribution is 9.10. The van der Waals surface area contributed by atoms with Crippen molar-refractivity contribution in [2.75, 3.05) is 0 Å². The van der Waals surface area contributed by atoms with Crippen molar-refractivity contribution in [3.63, 3.8) is 0 Å². The van der Waals surface area contributed by atoms with Gasteiger partial charge in [-0.1, -0.05) is 145 Å². The van der Waals surface area contributed by atoms with Crippen LogP contribution < -0.4 is 9.47 Å². The van der Waals surface area contributed by atoms with Crippen LogP contribution in [0.3, 0.4) is 0 Å². The van der Waals surface area contributed by atoms with Crippen LogP contribution in [0.5, 0.6) is 23.0 Å². The zero-order chi connectivity index (χ0) is 42.2. The van der Waals surface area contributed by atoms with Gasteiger partial charge in [0.25, 0.3) is 0 Å². The van der Waals surface area contributed by atoms with Gasteiger partial charge in [0, 0.05) is 17.3 Å². The zero-order valence-corrected chi connectivity index (χ0v) is 36.2. The van der Waals surface area contributed by atoms with Crippen molar-refractivity contribution in [1.82, 2.24) is 19.1 Å². The lowest BCUT2D eigenvalue weighted by Crippen LogP contribution is -2.07. The highest BCUT2D eigenvalue weighted by Gasteiger charge is 2.26. The second-order valence-corrected chi connectivity index (χ2v) is 16.9. The molecule has 0 radical (unpaired) electrons. The van der Waals surface area contributed by atoms with Crippen LogP contribution in [0.15, 0.2) is 180 Å². The fourth-order valence-corrected chi connectivity index (χ4v) is 9.95. The van der Waals surface area contributed by atoms with Gasteiger partial charge in [0.1, 0.15) is 22.7 Å². The molecule has 2 aromatic heterocycles. The molecular weight excluding hydrogens is 841 g/mol. The van der Waals surface area contributed by atoms with Crippen molar-refractivity contribution < 1.29 is 9.47 Å². The number of nitrogens with zero attached hydrogens (tertiary/aromatic N) is 4. The number of ether oxygens (including phenoxy) is 2. The summed E-state index contributed by atoms with van der Waals surface area (Å²) in [5.74, 6) is 5.55. The molecule has 4 heterocycles. The van der Waals surface area contributed by atoms with Gasteiger partial charge < -0.3 is 9.47 Å². The summed E-state index contributed by atoms with van der Waals surface area (Å²) in [6.45, 7) is 4.28. The fraction of sp³-hybridized carbons (Fsp3) is 0.0714. The maximum atomic E-state index is 6.49. The van der Waals surface area contributed by atoms with Crippen LogP contribution in [0, 0.1) is 0 Å². The van der Waals surface area contributed by atoms with Crippen molar-refractivity contribution in [3.05, 3.63) is 192 Å². The van der Waals surface area contributed by atoms with Crippen LogP contribution in [0.2, 0.25) is 0 Å². The van der Waals surface area contributed by atoms with E-state index < -0.39 is 0 Å². The average Bonchev–Trinajstić information content (AvgIpc) is 3.91. The van der Waals surface area contributed by atoms with Gasteiger partial charge in [0.2, 0.25) is 0 Å². The summed E-state index contributed by atoms with van der Waals surface area (Å²) in [4.78, 5) is 9.58. The van der Waals surface area contributed by atoms with E-state index in [1.165, 1.54) is 43.8 Å². The molecule has 0 saturated carbocycles. The number of aryl methyl sites for hydroxylation is 2. The van der Waals surface area contributed by atoms with Crippen LogP contribution in [-0.2, 0) is 12.8 Å². The molecule has 0 aliphatic carbocycles. The van der Waals surface area contributed by atoms with E-state index in [1.807, 2.05) is 42.5 Å². The standard InChI is InChI=1S/C41H28N2O.C15H11BrN2O/c1-2-38-42-34-20-11-21-36-41(34)43(38)35-23-22-28(25-37(35)44-36)27-14-10-15-29(24-27)40-32-18-8-6-16-30(32)39(26-12-4-3-5-13-26)31-17-7-9-19-33(31)40;1-2-14-17-10-4-3-5-12-15(10)18(14)11-7-6-9(16)8-13(11)19-12/h3-25H,2H2,1H3;3-8H,2H2,1H3. The van der Waals surface area contributed by atoms with Gasteiger partial charge in [0.05, 0.1) is 22.4 Å². The third kappa shape index (κ3) is 5.98. The Morgan fingerprint density at radius 1 is 0.413 bits per heavy atom. The van der Waals surface area contributed by atoms with Crippen molar-refractivity contribution in [3.8, 4) is 67.8 Å². The maximum absolute atomic E-state index is 6.49. The van der Waals surface area contributed by atoms with Gasteiger partial charge in [-0.15, -0.1) is 0 Å². The Kier molecular flexibility index (Phi) is 8.80. The van der Waals surface area contributed by atoms with E-state index in [4.69, 9.17) is 19.4 Å². The molecule has 0 saturated heterocycles. The predicted octanol–water partition coefficient (Wildman–Crippen LogP) is 15.5. The van der Waals surface area contributed by atoms with Crippen molar-refractivity contribution in [2.45, 2.75) is 26.7 Å². The summed E-state index contributed by atoms with van der Waals surface area (Å²) in [6.07, 6.45) is 1.74. The van der Waals surface area contributed by atoms with Gasteiger partial charge in [-0.05, 0) is 116 Å². The molecule has 0 unspecified atom stereocenters. The molecule has 11 aromatic rings. The highest BCUT2D eigenvalue weighted by Crippen LogP contribution is 2.47. The summed E-state index contributed by atoms with van der Waals surface area (Å²) in [6, 6.07) is 62.0. The molecule has 0 fully saturated rings. The minimum Gasteiger partial charge on any atom is -0.453 e. The average molecular weight is 880 g/mol. The van der Waals surface area contributed by atoms with E-state index in [0.717, 1.165) is 96.5 Å². The molecule has 9 aromatic carbocycles. The fourth-order valence-electron chi connectivity index (χ4n) is 9.61.